The number of thiazole rings is 1. The number of imide groups is 1. The molecule has 0 aliphatic heterocycles. The van der Waals surface area contributed by atoms with E-state index in [1.165, 1.54) is 0 Å². The van der Waals surface area contributed by atoms with Crippen LogP contribution in [0.3, 0.4) is 0 Å². The molecule has 0 fully saturated rings. The average molecular weight is 470 g/mol. The second-order valence-electron chi connectivity index (χ2n) is 8.08. The fourth-order valence-electron chi connectivity index (χ4n) is 2.02. The van der Waals surface area contributed by atoms with Crippen LogP contribution in [0.1, 0.15) is 47.2 Å². The van der Waals surface area contributed by atoms with Crippen molar-refractivity contribution in [2.75, 3.05) is 4.90 Å². The van der Waals surface area contributed by atoms with E-state index in [1.54, 1.807) is 53.0 Å². The molecule has 0 aromatic carbocycles. The van der Waals surface area contributed by atoms with Crippen molar-refractivity contribution in [3.05, 3.63) is 27.7 Å². The van der Waals surface area contributed by atoms with Crippen molar-refractivity contribution >= 4 is 44.6 Å². The normalized spacial score (nSPS) is 11.9. The Balaban J connectivity index is 2.40. The minimum Gasteiger partial charge on any atom is -0.443 e. The van der Waals surface area contributed by atoms with Crippen LogP contribution in [0.15, 0.2) is 22.0 Å². The molecule has 0 aliphatic rings. The lowest BCUT2D eigenvalue weighted by molar-refractivity contribution is 0.0430. The molecule has 9 heteroatoms. The van der Waals surface area contributed by atoms with Gasteiger partial charge in [-0.3, -0.25) is 4.98 Å². The molecular formula is C19H24BrN3O4S. The molecular weight excluding hydrogens is 446 g/mol. The highest BCUT2D eigenvalue weighted by Crippen LogP contribution is 2.30. The van der Waals surface area contributed by atoms with Crippen molar-refractivity contribution < 1.29 is 19.1 Å². The van der Waals surface area contributed by atoms with E-state index in [-0.39, 0.29) is 5.13 Å². The van der Waals surface area contributed by atoms with Crippen LogP contribution < -0.4 is 4.90 Å². The Morgan fingerprint density at radius 2 is 1.50 bits per heavy atom. The number of carbonyl (C=O) groups is 2. The Kier molecular flexibility index (Phi) is 6.50. The Hall–Kier alpha value is -2.00. The third kappa shape index (κ3) is 6.00. The summed E-state index contributed by atoms with van der Waals surface area (Å²) < 4.78 is 11.6. The number of ether oxygens (including phenoxy) is 2. The lowest BCUT2D eigenvalue weighted by Gasteiger charge is -2.27. The largest absolute Gasteiger partial charge is 0.443 e. The van der Waals surface area contributed by atoms with E-state index < -0.39 is 23.4 Å². The zero-order valence-electron chi connectivity index (χ0n) is 17.0. The second kappa shape index (κ2) is 8.16. The average Bonchev–Trinajstić information content (AvgIpc) is 2.95. The van der Waals surface area contributed by atoms with Crippen molar-refractivity contribution in [3.8, 4) is 11.4 Å². The van der Waals surface area contributed by atoms with Crippen LogP contribution in [-0.2, 0) is 9.47 Å². The molecule has 0 N–H and O–H groups in total. The summed E-state index contributed by atoms with van der Waals surface area (Å²) >= 11 is 4.55. The molecule has 0 bridgehead atoms. The molecule has 2 aromatic rings. The van der Waals surface area contributed by atoms with E-state index in [4.69, 9.17) is 9.47 Å². The zero-order valence-corrected chi connectivity index (χ0v) is 19.4. The standard InChI is InChI=1S/C19H24BrN3O4S/c1-11-12(20)8-9-13(21-11)14-10-28-15(22-14)23(16(24)26-18(2,3)4)17(25)27-19(5,6)7/h8-10H,1-7H3. The van der Waals surface area contributed by atoms with Gasteiger partial charge in [-0.15, -0.1) is 11.3 Å². The molecule has 2 heterocycles. The Labute approximate surface area is 177 Å². The maximum absolute atomic E-state index is 12.7. The molecule has 0 atom stereocenters. The fraction of sp³-hybridized carbons (Fsp3) is 0.474. The van der Waals surface area contributed by atoms with Crippen molar-refractivity contribution in [2.24, 2.45) is 0 Å². The van der Waals surface area contributed by atoms with Gasteiger partial charge in [0, 0.05) is 9.85 Å². The molecule has 0 radical (unpaired) electrons. The number of aryl methyl sites for hydroxylation is 1. The lowest BCUT2D eigenvalue weighted by atomic mass is 10.2. The smallest absolute Gasteiger partial charge is 0.426 e. The highest BCUT2D eigenvalue weighted by molar-refractivity contribution is 9.10. The molecule has 0 spiro atoms. The summed E-state index contributed by atoms with van der Waals surface area (Å²) in [6, 6.07) is 3.68. The van der Waals surface area contributed by atoms with Gasteiger partial charge in [0.15, 0.2) is 0 Å². The number of hydrogen-bond donors (Lipinski definition) is 0. The predicted octanol–water partition coefficient (Wildman–Crippen LogP) is 5.95. The molecule has 2 aromatic heterocycles. The van der Waals surface area contributed by atoms with E-state index in [1.807, 2.05) is 13.0 Å². The molecule has 0 saturated carbocycles. The van der Waals surface area contributed by atoms with Gasteiger partial charge in [-0.05, 0) is 76.5 Å². The lowest BCUT2D eigenvalue weighted by Crippen LogP contribution is -2.43. The minimum absolute atomic E-state index is 0.154. The quantitative estimate of drug-likeness (QED) is 0.539. The molecule has 2 amide bonds. The highest BCUT2D eigenvalue weighted by Gasteiger charge is 2.34. The van der Waals surface area contributed by atoms with Crippen LogP contribution in [0.25, 0.3) is 11.4 Å². The number of anilines is 1. The second-order valence-corrected chi connectivity index (χ2v) is 9.77. The number of nitrogens with zero attached hydrogens (tertiary/aromatic N) is 3. The third-order valence-corrected chi connectivity index (χ3v) is 4.78. The van der Waals surface area contributed by atoms with Crippen LogP contribution >= 0.6 is 27.3 Å². The molecule has 0 unspecified atom stereocenters. The summed E-state index contributed by atoms with van der Waals surface area (Å²) in [5, 5.41) is 1.88. The van der Waals surface area contributed by atoms with Crippen molar-refractivity contribution in [2.45, 2.75) is 59.7 Å². The SMILES string of the molecule is Cc1nc(-c2csc(N(C(=O)OC(C)(C)C)C(=O)OC(C)(C)C)n2)ccc1Br. The predicted molar refractivity (Wildman–Crippen MR) is 113 cm³/mol. The topological polar surface area (TPSA) is 81.6 Å². The third-order valence-electron chi connectivity index (χ3n) is 3.12. The summed E-state index contributed by atoms with van der Waals surface area (Å²) in [4.78, 5) is 35.1. The molecule has 2 rings (SSSR count). The van der Waals surface area contributed by atoms with Crippen LogP contribution in [-0.4, -0.2) is 33.4 Å². The molecule has 0 aliphatic carbocycles. The van der Waals surface area contributed by atoms with Crippen LogP contribution in [0, 0.1) is 6.92 Å². The number of aromatic nitrogens is 2. The van der Waals surface area contributed by atoms with Gasteiger partial charge in [0.2, 0.25) is 5.13 Å². The first kappa shape index (κ1) is 22.3. The molecule has 7 nitrogen and oxygen atoms in total. The van der Waals surface area contributed by atoms with Gasteiger partial charge in [-0.25, -0.2) is 14.6 Å². The summed E-state index contributed by atoms with van der Waals surface area (Å²) in [5.41, 5.74) is 0.441. The van der Waals surface area contributed by atoms with Gasteiger partial charge < -0.3 is 9.47 Å². The number of rotatable bonds is 2. The van der Waals surface area contributed by atoms with Crippen molar-refractivity contribution in [3.63, 3.8) is 0 Å². The monoisotopic (exact) mass is 469 g/mol. The summed E-state index contributed by atoms with van der Waals surface area (Å²) in [6.07, 6.45) is -1.69. The number of pyridine rings is 1. The van der Waals surface area contributed by atoms with Crippen LogP contribution in [0.5, 0.6) is 0 Å². The van der Waals surface area contributed by atoms with Gasteiger partial charge in [0.05, 0.1) is 11.4 Å². The van der Waals surface area contributed by atoms with Gasteiger partial charge >= 0.3 is 12.2 Å². The summed E-state index contributed by atoms with van der Waals surface area (Å²) in [6.45, 7) is 12.2. The van der Waals surface area contributed by atoms with E-state index in [9.17, 15) is 9.59 Å². The van der Waals surface area contributed by atoms with Crippen LogP contribution in [0.4, 0.5) is 14.7 Å². The maximum atomic E-state index is 12.7. The molecule has 0 saturated heterocycles. The summed E-state index contributed by atoms with van der Waals surface area (Å²) in [7, 11) is 0. The Morgan fingerprint density at radius 3 is 1.96 bits per heavy atom. The van der Waals surface area contributed by atoms with E-state index in [2.05, 4.69) is 25.9 Å². The Bertz CT molecular complexity index is 856. The zero-order chi connectivity index (χ0) is 21.3. The number of hydrogen-bond acceptors (Lipinski definition) is 7. The molecule has 28 heavy (non-hydrogen) atoms. The Morgan fingerprint density at radius 1 is 0.964 bits per heavy atom. The molecule has 152 valence electrons. The number of halogens is 1. The fourth-order valence-corrected chi connectivity index (χ4v) is 3.03. The first-order valence-corrected chi connectivity index (χ1v) is 10.3. The van der Waals surface area contributed by atoms with Crippen molar-refractivity contribution in [1.82, 2.24) is 9.97 Å². The van der Waals surface area contributed by atoms with Gasteiger partial charge in [-0.1, -0.05) is 0 Å². The minimum atomic E-state index is -0.845. The van der Waals surface area contributed by atoms with Gasteiger partial charge in [-0.2, -0.15) is 4.90 Å². The van der Waals surface area contributed by atoms with E-state index >= 15 is 0 Å². The first-order chi connectivity index (χ1) is 12.8. The van der Waals surface area contributed by atoms with Crippen molar-refractivity contribution in [1.29, 1.82) is 0 Å². The maximum Gasteiger partial charge on any atom is 0.426 e. The van der Waals surface area contributed by atoms with Crippen LogP contribution in [0.2, 0.25) is 0 Å². The van der Waals surface area contributed by atoms with Gasteiger partial charge in [0.25, 0.3) is 0 Å². The van der Waals surface area contributed by atoms with E-state index in [0.717, 1.165) is 26.4 Å². The number of amides is 2. The summed E-state index contributed by atoms with van der Waals surface area (Å²) in [5.74, 6) is 0. The van der Waals surface area contributed by atoms with E-state index in [0.29, 0.717) is 11.4 Å². The first-order valence-electron chi connectivity index (χ1n) is 8.62. The highest BCUT2D eigenvalue weighted by atomic mass is 79.9. The van der Waals surface area contributed by atoms with Gasteiger partial charge in [0.1, 0.15) is 16.9 Å². The number of carbonyl (C=O) groups excluding carboxylic acids is 2.